The molecule has 0 aromatic rings. The van der Waals surface area contributed by atoms with E-state index in [2.05, 4.69) is 9.62 Å². The lowest BCUT2D eigenvalue weighted by molar-refractivity contribution is 0.306. The Hall–Kier alpha value is 0.0700. The molecule has 84 valence electrons. The second-order valence-electron chi connectivity index (χ2n) is 4.69. The van der Waals surface area contributed by atoms with Gasteiger partial charge < -0.3 is 5.32 Å². The minimum Gasteiger partial charge on any atom is -0.317 e. The van der Waals surface area contributed by atoms with Crippen molar-refractivity contribution in [2.75, 3.05) is 26.4 Å². The summed E-state index contributed by atoms with van der Waals surface area (Å²) in [6.45, 7) is 2.05. The van der Waals surface area contributed by atoms with Gasteiger partial charge in [-0.25, -0.2) is 4.31 Å². The van der Waals surface area contributed by atoms with E-state index in [1.54, 1.807) is 0 Å². The number of rotatable bonds is 3. The molecule has 3 nitrogen and oxygen atoms in total. The molecule has 1 N–H and O–H groups in total. The van der Waals surface area contributed by atoms with E-state index in [9.17, 15) is 4.21 Å². The van der Waals surface area contributed by atoms with Gasteiger partial charge in [-0.05, 0) is 32.7 Å². The zero-order valence-electron chi connectivity index (χ0n) is 9.20. The molecule has 4 heteroatoms. The molecule has 0 amide bonds. The monoisotopic (exact) mass is 218 g/mol. The predicted molar refractivity (Wildman–Crippen MR) is 62.1 cm³/mol. The van der Waals surface area contributed by atoms with Crippen LogP contribution in [0.4, 0.5) is 0 Å². The third-order valence-corrected chi connectivity index (χ3v) is 7.06. The summed E-state index contributed by atoms with van der Waals surface area (Å²) in [6.07, 6.45) is 6.69. The van der Waals surface area contributed by atoms with Crippen LogP contribution in [0.3, 0.4) is 0 Å². The highest BCUT2D eigenvalue weighted by Gasteiger charge is 2.37. The van der Waals surface area contributed by atoms with Gasteiger partial charge in [0.25, 0.3) is 0 Å². The summed E-state index contributed by atoms with van der Waals surface area (Å²) in [7, 11) is 0.0604. The van der Waals surface area contributed by atoms with Crippen molar-refractivity contribution in [3.05, 3.63) is 0 Å². The number of hydrogen-bond donors (Lipinski definition) is 2. The topological polar surface area (TPSA) is 32.3 Å². The first-order valence-electron chi connectivity index (χ1n) is 5.64. The highest BCUT2D eigenvalue weighted by Crippen LogP contribution is 2.35. The Labute approximate surface area is 87.8 Å². The number of hydrogen-bond acceptors (Lipinski definition) is 2. The highest BCUT2D eigenvalue weighted by atomic mass is 32.3. The van der Waals surface area contributed by atoms with E-state index in [4.69, 9.17) is 0 Å². The van der Waals surface area contributed by atoms with Crippen LogP contribution >= 0.6 is 0 Å². The van der Waals surface area contributed by atoms with Gasteiger partial charge in [0.1, 0.15) is 0 Å². The number of nitrogens with zero attached hydrogens (tertiary/aromatic N) is 1. The molecule has 0 atom stereocenters. The molecule has 1 aliphatic carbocycles. The van der Waals surface area contributed by atoms with Gasteiger partial charge in [-0.15, -0.1) is 0 Å². The summed E-state index contributed by atoms with van der Waals surface area (Å²) in [6, 6.07) is 0.644. The van der Waals surface area contributed by atoms with Crippen molar-refractivity contribution >= 4 is 10.1 Å². The van der Waals surface area contributed by atoms with Gasteiger partial charge in [-0.3, -0.25) is 4.21 Å². The van der Waals surface area contributed by atoms with Crippen LogP contribution in [0, 0.1) is 0 Å². The molecule has 2 fully saturated rings. The fourth-order valence-corrected chi connectivity index (χ4v) is 4.93. The maximum absolute atomic E-state index is 12.4. The SMILES string of the molecule is CNC1CCN([SH](C)(=O)C2CC2)CC1. The average molecular weight is 218 g/mol. The standard InChI is InChI=1S/C10H22N2OS/c1-11-9-5-7-12(8-6-9)14(2,13)10-3-4-10/h9-11,14H,3-8H2,1-2H3. The van der Waals surface area contributed by atoms with Gasteiger partial charge in [0.05, 0.1) is 0 Å². The smallest absolute Gasteiger partial charge is 0.0241 e. The lowest BCUT2D eigenvalue weighted by atomic mass is 10.1. The van der Waals surface area contributed by atoms with E-state index >= 15 is 0 Å². The molecule has 0 unspecified atom stereocenters. The van der Waals surface area contributed by atoms with Crippen molar-refractivity contribution in [1.29, 1.82) is 0 Å². The van der Waals surface area contributed by atoms with Crippen molar-refractivity contribution in [2.45, 2.75) is 37.0 Å². The minimum absolute atomic E-state index is 0.536. The zero-order chi connectivity index (χ0) is 10.2. The molecule has 0 spiro atoms. The average Bonchev–Trinajstić information content (AvgIpc) is 3.01. The van der Waals surface area contributed by atoms with Crippen LogP contribution in [0.2, 0.25) is 0 Å². The molecular weight excluding hydrogens is 196 g/mol. The maximum atomic E-state index is 12.4. The van der Waals surface area contributed by atoms with E-state index in [1.165, 1.54) is 12.8 Å². The lowest BCUT2D eigenvalue weighted by Crippen LogP contribution is -2.47. The molecule has 0 bridgehead atoms. The summed E-state index contributed by atoms with van der Waals surface area (Å²) in [5.74, 6) is 0. The Morgan fingerprint density at radius 1 is 1.21 bits per heavy atom. The van der Waals surface area contributed by atoms with Crippen molar-refractivity contribution in [3.63, 3.8) is 0 Å². The van der Waals surface area contributed by atoms with Gasteiger partial charge >= 0.3 is 0 Å². The van der Waals surface area contributed by atoms with Crippen LogP contribution in [0.5, 0.6) is 0 Å². The predicted octanol–water partition coefficient (Wildman–Crippen LogP) is 0.394. The van der Waals surface area contributed by atoms with Crippen molar-refractivity contribution in [1.82, 2.24) is 9.62 Å². The summed E-state index contributed by atoms with van der Waals surface area (Å²) >= 11 is 0. The first-order chi connectivity index (χ1) is 6.64. The third-order valence-electron chi connectivity index (χ3n) is 3.67. The van der Waals surface area contributed by atoms with E-state index in [0.29, 0.717) is 11.3 Å². The summed E-state index contributed by atoms with van der Waals surface area (Å²) in [5.41, 5.74) is 0. The van der Waals surface area contributed by atoms with Crippen molar-refractivity contribution < 1.29 is 4.21 Å². The molecule has 2 rings (SSSR count). The first kappa shape index (κ1) is 10.6. The summed E-state index contributed by atoms with van der Waals surface area (Å²) < 4.78 is 14.7. The molecule has 1 aliphatic heterocycles. The quantitative estimate of drug-likeness (QED) is 0.672. The van der Waals surface area contributed by atoms with Crippen molar-refractivity contribution in [3.8, 4) is 0 Å². The second-order valence-corrected chi connectivity index (χ2v) is 7.87. The largest absolute Gasteiger partial charge is 0.317 e. The Balaban J connectivity index is 1.91. The van der Waals surface area contributed by atoms with E-state index in [0.717, 1.165) is 25.9 Å². The number of thiol groups is 1. The normalized spacial score (nSPS) is 27.9. The van der Waals surface area contributed by atoms with Crippen LogP contribution in [0.15, 0.2) is 0 Å². The molecule has 0 aromatic carbocycles. The van der Waals surface area contributed by atoms with E-state index in [1.807, 2.05) is 13.3 Å². The van der Waals surface area contributed by atoms with Gasteiger partial charge in [0, 0.05) is 30.6 Å². The molecule has 0 aromatic heterocycles. The maximum Gasteiger partial charge on any atom is 0.0241 e. The van der Waals surface area contributed by atoms with Gasteiger partial charge in [0.2, 0.25) is 0 Å². The molecule has 1 saturated heterocycles. The Bertz CT molecular complexity index is 245. The van der Waals surface area contributed by atoms with Gasteiger partial charge in [0.15, 0.2) is 0 Å². The van der Waals surface area contributed by atoms with E-state index in [-0.39, 0.29) is 0 Å². The summed E-state index contributed by atoms with van der Waals surface area (Å²) in [4.78, 5) is 0. The minimum atomic E-state index is -1.96. The van der Waals surface area contributed by atoms with Crippen molar-refractivity contribution in [2.24, 2.45) is 0 Å². The second kappa shape index (κ2) is 3.91. The van der Waals surface area contributed by atoms with Crippen LogP contribution in [0.25, 0.3) is 0 Å². The highest BCUT2D eigenvalue weighted by molar-refractivity contribution is 8.01. The van der Waals surface area contributed by atoms with Crippen LogP contribution in [0.1, 0.15) is 25.7 Å². The van der Waals surface area contributed by atoms with Gasteiger partial charge in [-0.1, -0.05) is 10.1 Å². The number of nitrogens with one attached hydrogen (secondary N) is 1. The molecule has 1 heterocycles. The van der Waals surface area contributed by atoms with Crippen LogP contribution in [-0.4, -0.2) is 46.2 Å². The summed E-state index contributed by atoms with van der Waals surface area (Å²) in [5, 5.41) is 3.84. The fourth-order valence-electron chi connectivity index (χ4n) is 2.34. The van der Waals surface area contributed by atoms with Crippen LogP contribution < -0.4 is 5.32 Å². The lowest BCUT2D eigenvalue weighted by Gasteiger charge is -2.39. The number of piperidine rings is 1. The molecule has 14 heavy (non-hydrogen) atoms. The Kier molecular flexibility index (Phi) is 2.96. The fraction of sp³-hybridized carbons (Fsp3) is 1.00. The molecule has 2 aliphatic rings. The third kappa shape index (κ3) is 2.02. The molecular formula is C10H22N2OS. The van der Waals surface area contributed by atoms with Crippen LogP contribution in [-0.2, 0) is 10.1 Å². The zero-order valence-corrected chi connectivity index (χ0v) is 10.1. The molecule has 1 saturated carbocycles. The van der Waals surface area contributed by atoms with Gasteiger partial charge in [-0.2, -0.15) is 0 Å². The Morgan fingerprint density at radius 3 is 2.21 bits per heavy atom. The Morgan fingerprint density at radius 2 is 1.79 bits per heavy atom. The molecule has 0 radical (unpaired) electrons. The first-order valence-corrected chi connectivity index (χ1v) is 7.82. The van der Waals surface area contributed by atoms with E-state index < -0.39 is 10.1 Å².